The average Bonchev–Trinajstić information content (AvgIpc) is 2.75. The number of hydrogen-bond donors (Lipinski definition) is 1. The van der Waals surface area contributed by atoms with Crippen molar-refractivity contribution in [3.05, 3.63) is 29.3 Å². The molecule has 2 aliphatic heterocycles. The lowest BCUT2D eigenvalue weighted by Crippen LogP contribution is -2.35. The molecular weight excluding hydrogens is 208 g/mol. The maximum absolute atomic E-state index is 3.45. The summed E-state index contributed by atoms with van der Waals surface area (Å²) in [4.78, 5) is 2.63. The van der Waals surface area contributed by atoms with E-state index >= 15 is 0 Å². The van der Waals surface area contributed by atoms with Crippen molar-refractivity contribution in [2.45, 2.75) is 26.2 Å². The van der Waals surface area contributed by atoms with E-state index in [1.165, 1.54) is 56.7 Å². The number of fused-ring (bicyclic) bond motifs is 1. The zero-order valence-corrected chi connectivity index (χ0v) is 10.7. The fourth-order valence-corrected chi connectivity index (χ4v) is 3.30. The van der Waals surface area contributed by atoms with Crippen LogP contribution in [0.25, 0.3) is 0 Å². The molecule has 0 aliphatic carbocycles. The maximum Gasteiger partial charge on any atom is 0.0429 e. The second-order valence-electron chi connectivity index (χ2n) is 5.47. The minimum absolute atomic E-state index is 0.891. The van der Waals surface area contributed by atoms with Gasteiger partial charge in [-0.3, -0.25) is 0 Å². The number of hydrogen-bond acceptors (Lipinski definition) is 2. The fourth-order valence-electron chi connectivity index (χ4n) is 3.30. The third-order valence-electron chi connectivity index (χ3n) is 4.23. The molecule has 1 N–H and O–H groups in total. The van der Waals surface area contributed by atoms with Gasteiger partial charge in [0.25, 0.3) is 0 Å². The van der Waals surface area contributed by atoms with E-state index < -0.39 is 0 Å². The summed E-state index contributed by atoms with van der Waals surface area (Å²) in [5.74, 6) is 0.891. The van der Waals surface area contributed by atoms with Gasteiger partial charge in [0.2, 0.25) is 0 Å². The Morgan fingerprint density at radius 1 is 1.29 bits per heavy atom. The SMILES string of the molecule is Cc1cccc2c1N(CC1CCNCC1)CC2. The number of rotatable bonds is 2. The highest BCUT2D eigenvalue weighted by Crippen LogP contribution is 2.32. The van der Waals surface area contributed by atoms with Crippen molar-refractivity contribution in [3.8, 4) is 0 Å². The molecule has 1 aromatic rings. The van der Waals surface area contributed by atoms with E-state index in [9.17, 15) is 0 Å². The summed E-state index contributed by atoms with van der Waals surface area (Å²) >= 11 is 0. The Kier molecular flexibility index (Phi) is 3.06. The van der Waals surface area contributed by atoms with Crippen LogP contribution in [0.2, 0.25) is 0 Å². The second kappa shape index (κ2) is 4.69. The Balaban J connectivity index is 1.74. The molecule has 0 bridgehead atoms. The Bertz CT molecular complexity index is 394. The summed E-state index contributed by atoms with van der Waals surface area (Å²) in [5.41, 5.74) is 4.54. The van der Waals surface area contributed by atoms with Crippen molar-refractivity contribution in [1.82, 2.24) is 5.32 Å². The normalized spacial score (nSPS) is 20.6. The van der Waals surface area contributed by atoms with Gasteiger partial charge in [0, 0.05) is 18.8 Å². The van der Waals surface area contributed by atoms with E-state index in [0.717, 1.165) is 5.92 Å². The molecule has 2 aliphatic rings. The van der Waals surface area contributed by atoms with Crippen molar-refractivity contribution < 1.29 is 0 Å². The number of benzene rings is 1. The zero-order chi connectivity index (χ0) is 11.7. The molecule has 0 spiro atoms. The summed E-state index contributed by atoms with van der Waals surface area (Å²) in [6.45, 7) is 7.15. The molecule has 1 aromatic carbocycles. The third-order valence-corrected chi connectivity index (χ3v) is 4.23. The van der Waals surface area contributed by atoms with E-state index in [-0.39, 0.29) is 0 Å². The first-order valence-electron chi connectivity index (χ1n) is 6.89. The smallest absolute Gasteiger partial charge is 0.0429 e. The van der Waals surface area contributed by atoms with Crippen molar-refractivity contribution >= 4 is 5.69 Å². The van der Waals surface area contributed by atoms with Gasteiger partial charge in [0.1, 0.15) is 0 Å². The van der Waals surface area contributed by atoms with Crippen molar-refractivity contribution in [3.63, 3.8) is 0 Å². The number of nitrogens with zero attached hydrogens (tertiary/aromatic N) is 1. The van der Waals surface area contributed by atoms with Crippen LogP contribution < -0.4 is 10.2 Å². The number of nitrogens with one attached hydrogen (secondary N) is 1. The molecule has 0 saturated carbocycles. The van der Waals surface area contributed by atoms with Crippen LogP contribution in [0, 0.1) is 12.8 Å². The zero-order valence-electron chi connectivity index (χ0n) is 10.7. The largest absolute Gasteiger partial charge is 0.370 e. The predicted molar refractivity (Wildman–Crippen MR) is 72.7 cm³/mol. The van der Waals surface area contributed by atoms with Crippen LogP contribution in [-0.4, -0.2) is 26.2 Å². The topological polar surface area (TPSA) is 15.3 Å². The molecule has 3 rings (SSSR count). The molecule has 2 heteroatoms. The first-order chi connectivity index (χ1) is 8.34. The first-order valence-corrected chi connectivity index (χ1v) is 6.89. The molecule has 2 nitrogen and oxygen atoms in total. The van der Waals surface area contributed by atoms with Crippen LogP contribution >= 0.6 is 0 Å². The Labute approximate surface area is 104 Å². The van der Waals surface area contributed by atoms with Gasteiger partial charge in [-0.05, 0) is 56.3 Å². The Morgan fingerprint density at radius 3 is 2.94 bits per heavy atom. The van der Waals surface area contributed by atoms with Gasteiger partial charge >= 0.3 is 0 Å². The molecule has 0 atom stereocenters. The van der Waals surface area contributed by atoms with E-state index in [2.05, 4.69) is 35.3 Å². The molecule has 17 heavy (non-hydrogen) atoms. The minimum atomic E-state index is 0.891. The van der Waals surface area contributed by atoms with Gasteiger partial charge < -0.3 is 10.2 Å². The molecule has 2 heterocycles. The highest BCUT2D eigenvalue weighted by atomic mass is 15.2. The van der Waals surface area contributed by atoms with E-state index in [1.54, 1.807) is 5.56 Å². The van der Waals surface area contributed by atoms with Crippen molar-refractivity contribution in [2.24, 2.45) is 5.92 Å². The number of piperidine rings is 1. The third kappa shape index (κ3) is 2.19. The van der Waals surface area contributed by atoms with Crippen LogP contribution in [0.4, 0.5) is 5.69 Å². The van der Waals surface area contributed by atoms with E-state index in [4.69, 9.17) is 0 Å². The van der Waals surface area contributed by atoms with Crippen LogP contribution in [0.15, 0.2) is 18.2 Å². The predicted octanol–water partition coefficient (Wildman–Crippen LogP) is 2.36. The summed E-state index contributed by atoms with van der Waals surface area (Å²) in [5, 5.41) is 3.45. The van der Waals surface area contributed by atoms with Crippen LogP contribution in [0.1, 0.15) is 24.0 Å². The molecule has 1 saturated heterocycles. The molecule has 0 aromatic heterocycles. The highest BCUT2D eigenvalue weighted by Gasteiger charge is 2.24. The lowest BCUT2D eigenvalue weighted by atomic mass is 9.97. The average molecular weight is 230 g/mol. The maximum atomic E-state index is 3.45. The molecule has 0 unspecified atom stereocenters. The molecule has 1 fully saturated rings. The van der Waals surface area contributed by atoms with Gasteiger partial charge in [-0.1, -0.05) is 18.2 Å². The quantitative estimate of drug-likeness (QED) is 0.839. The lowest BCUT2D eigenvalue weighted by molar-refractivity contribution is 0.375. The second-order valence-corrected chi connectivity index (χ2v) is 5.47. The Hall–Kier alpha value is -1.02. The Morgan fingerprint density at radius 2 is 2.12 bits per heavy atom. The number of para-hydroxylation sites is 1. The summed E-state index contributed by atoms with van der Waals surface area (Å²) in [6, 6.07) is 6.74. The van der Waals surface area contributed by atoms with Crippen LogP contribution in [0.3, 0.4) is 0 Å². The number of anilines is 1. The van der Waals surface area contributed by atoms with Crippen LogP contribution in [-0.2, 0) is 6.42 Å². The monoisotopic (exact) mass is 230 g/mol. The minimum Gasteiger partial charge on any atom is -0.370 e. The summed E-state index contributed by atoms with van der Waals surface area (Å²) in [6.07, 6.45) is 3.93. The molecule has 92 valence electrons. The lowest BCUT2D eigenvalue weighted by Gasteiger charge is -2.29. The summed E-state index contributed by atoms with van der Waals surface area (Å²) in [7, 11) is 0. The van der Waals surface area contributed by atoms with Gasteiger partial charge in [0.15, 0.2) is 0 Å². The van der Waals surface area contributed by atoms with Gasteiger partial charge in [-0.2, -0.15) is 0 Å². The van der Waals surface area contributed by atoms with Crippen LogP contribution in [0.5, 0.6) is 0 Å². The van der Waals surface area contributed by atoms with E-state index in [0.29, 0.717) is 0 Å². The highest BCUT2D eigenvalue weighted by molar-refractivity contribution is 5.62. The molecule has 0 radical (unpaired) electrons. The van der Waals surface area contributed by atoms with Crippen molar-refractivity contribution in [2.75, 3.05) is 31.1 Å². The van der Waals surface area contributed by atoms with Gasteiger partial charge in [0.05, 0.1) is 0 Å². The number of aryl methyl sites for hydroxylation is 1. The summed E-state index contributed by atoms with van der Waals surface area (Å²) < 4.78 is 0. The van der Waals surface area contributed by atoms with Crippen molar-refractivity contribution in [1.29, 1.82) is 0 Å². The molecular formula is C15H22N2. The standard InChI is InChI=1S/C15H22N2/c1-12-3-2-4-14-7-10-17(15(12)14)11-13-5-8-16-9-6-13/h2-4,13,16H,5-11H2,1H3. The molecule has 0 amide bonds. The fraction of sp³-hybridized carbons (Fsp3) is 0.600. The first kappa shape index (κ1) is 11.1. The van der Waals surface area contributed by atoms with E-state index in [1.807, 2.05) is 0 Å². The van der Waals surface area contributed by atoms with Gasteiger partial charge in [-0.25, -0.2) is 0 Å². The van der Waals surface area contributed by atoms with Gasteiger partial charge in [-0.15, -0.1) is 0 Å².